The second-order valence-electron chi connectivity index (χ2n) is 6.02. The third kappa shape index (κ3) is 4.43. The van der Waals surface area contributed by atoms with Crippen LogP contribution in [0.2, 0.25) is 5.02 Å². The number of rotatable bonds is 4. The average molecular weight is 443 g/mol. The number of thioether (sulfide) groups is 1. The topological polar surface area (TPSA) is 83.6 Å². The van der Waals surface area contributed by atoms with Crippen molar-refractivity contribution in [3.05, 3.63) is 51.2 Å². The highest BCUT2D eigenvalue weighted by Crippen LogP contribution is 2.35. The summed E-state index contributed by atoms with van der Waals surface area (Å²) in [5.41, 5.74) is 0.679. The number of thiocarbonyl (C=S) groups is 1. The van der Waals surface area contributed by atoms with Gasteiger partial charge in [0.2, 0.25) is 5.91 Å². The molecule has 1 aromatic carbocycles. The molecule has 2 heterocycles. The molecular weight excluding hydrogens is 428 g/mol. The molecule has 0 bridgehead atoms. The number of halogens is 1. The van der Waals surface area contributed by atoms with Crippen molar-refractivity contribution in [3.63, 3.8) is 0 Å². The predicted molar refractivity (Wildman–Crippen MR) is 111 cm³/mol. The Bertz CT molecular complexity index is 988. The van der Waals surface area contributed by atoms with Crippen LogP contribution in [0.15, 0.2) is 40.7 Å². The maximum absolute atomic E-state index is 12.7. The molecule has 0 unspecified atom stereocenters. The second kappa shape index (κ2) is 7.75. The van der Waals surface area contributed by atoms with Gasteiger partial charge >= 0.3 is 0 Å². The molecule has 3 rings (SSSR count). The number of benzene rings is 1. The fourth-order valence-corrected chi connectivity index (χ4v) is 5.47. The van der Waals surface area contributed by atoms with Crippen LogP contribution in [-0.4, -0.2) is 47.3 Å². The lowest BCUT2D eigenvalue weighted by Crippen LogP contribution is -2.49. The van der Waals surface area contributed by atoms with Gasteiger partial charge in [0.05, 0.1) is 16.7 Å². The average Bonchev–Trinajstić information content (AvgIpc) is 3.07. The van der Waals surface area contributed by atoms with Crippen molar-refractivity contribution in [2.75, 3.05) is 5.75 Å². The van der Waals surface area contributed by atoms with Gasteiger partial charge in [-0.1, -0.05) is 53.8 Å². The molecule has 2 aliphatic rings. The molecule has 0 radical (unpaired) electrons. The third-order valence-corrected chi connectivity index (χ3v) is 7.11. The van der Waals surface area contributed by atoms with Crippen molar-refractivity contribution in [3.8, 4) is 0 Å². The smallest absolute Gasteiger partial charge is 0.266 e. The van der Waals surface area contributed by atoms with E-state index in [0.717, 1.165) is 17.2 Å². The number of nitrogens with one attached hydrogen (secondary N) is 1. The van der Waals surface area contributed by atoms with E-state index in [-0.39, 0.29) is 16.0 Å². The Morgan fingerprint density at radius 3 is 2.78 bits per heavy atom. The third-order valence-electron chi connectivity index (χ3n) is 4.04. The summed E-state index contributed by atoms with van der Waals surface area (Å²) in [6.45, 7) is 1.55. The zero-order chi connectivity index (χ0) is 19.8. The van der Waals surface area contributed by atoms with Gasteiger partial charge in [-0.3, -0.25) is 14.5 Å². The lowest BCUT2D eigenvalue weighted by Gasteiger charge is -2.23. The second-order valence-corrected chi connectivity index (χ2v) is 10.0. The van der Waals surface area contributed by atoms with Crippen LogP contribution in [0.5, 0.6) is 0 Å². The zero-order valence-electron chi connectivity index (χ0n) is 14.1. The first-order valence-electron chi connectivity index (χ1n) is 7.91. The summed E-state index contributed by atoms with van der Waals surface area (Å²) >= 11 is 12.5. The van der Waals surface area contributed by atoms with Crippen LogP contribution in [0.4, 0.5) is 0 Å². The highest BCUT2D eigenvalue weighted by atomic mass is 35.5. The molecule has 0 aliphatic carbocycles. The minimum absolute atomic E-state index is 0.184. The molecule has 2 amide bonds. The number of carbonyl (C=O) groups is 2. The Balaban J connectivity index is 1.74. The molecule has 1 saturated heterocycles. The van der Waals surface area contributed by atoms with E-state index in [0.29, 0.717) is 15.5 Å². The summed E-state index contributed by atoms with van der Waals surface area (Å²) in [6.07, 6.45) is 3.06. The summed E-state index contributed by atoms with van der Waals surface area (Å²) in [4.78, 5) is 26.8. The van der Waals surface area contributed by atoms with E-state index in [1.165, 1.54) is 11.0 Å². The lowest BCUT2D eigenvalue weighted by atomic mass is 10.2. The molecule has 0 aromatic heterocycles. The van der Waals surface area contributed by atoms with Crippen LogP contribution in [-0.2, 0) is 19.4 Å². The minimum atomic E-state index is -3.28. The van der Waals surface area contributed by atoms with Crippen molar-refractivity contribution >= 4 is 67.6 Å². The maximum atomic E-state index is 12.7. The Morgan fingerprint density at radius 1 is 1.44 bits per heavy atom. The minimum Gasteiger partial charge on any atom is -0.347 e. The van der Waals surface area contributed by atoms with Gasteiger partial charge in [-0.15, -0.1) is 0 Å². The summed E-state index contributed by atoms with van der Waals surface area (Å²) in [5, 5.41) is 4.20. The quantitative estimate of drug-likeness (QED) is 0.569. The number of hydrogen-bond donors (Lipinski definition) is 1. The molecule has 27 heavy (non-hydrogen) atoms. The van der Waals surface area contributed by atoms with Crippen molar-refractivity contribution in [1.29, 1.82) is 0 Å². The Kier molecular flexibility index (Phi) is 5.76. The van der Waals surface area contributed by atoms with Gasteiger partial charge in [0.15, 0.2) is 9.84 Å². The Labute approximate surface area is 171 Å². The fourth-order valence-electron chi connectivity index (χ4n) is 2.63. The van der Waals surface area contributed by atoms with E-state index in [1.54, 1.807) is 37.3 Å². The van der Waals surface area contributed by atoms with Gasteiger partial charge in [-0.05, 0) is 30.7 Å². The number of amides is 2. The molecule has 2 aliphatic heterocycles. The molecule has 142 valence electrons. The van der Waals surface area contributed by atoms with Gasteiger partial charge < -0.3 is 5.32 Å². The number of carbonyl (C=O) groups excluding carboxylic acids is 2. The molecule has 1 fully saturated rings. The molecule has 0 spiro atoms. The standard InChI is InChI=1S/C17H15ClN2O4S3/c1-10(15(21)19-12-6-7-27(23,24)9-12)20-16(22)14(26-17(20)25)8-11-4-2-3-5-13(11)18/h2-8,10,12H,9H2,1H3,(H,19,21)/b14-8+/t10-,12+/m1/s1. The van der Waals surface area contributed by atoms with E-state index >= 15 is 0 Å². The van der Waals surface area contributed by atoms with Crippen LogP contribution < -0.4 is 5.32 Å². The summed E-state index contributed by atoms with van der Waals surface area (Å²) in [7, 11) is -3.28. The van der Waals surface area contributed by atoms with Gasteiger partial charge in [0, 0.05) is 10.4 Å². The molecule has 1 aromatic rings. The van der Waals surface area contributed by atoms with Crippen molar-refractivity contribution < 1.29 is 18.0 Å². The monoisotopic (exact) mass is 442 g/mol. The lowest BCUT2D eigenvalue weighted by molar-refractivity contribution is -0.132. The SMILES string of the molecule is C[C@H](C(=O)N[C@H]1C=CS(=O)(=O)C1)N1C(=O)/C(=C\c2ccccc2Cl)SC1=S. The summed E-state index contributed by atoms with van der Waals surface area (Å²) < 4.78 is 23.2. The van der Waals surface area contributed by atoms with E-state index in [9.17, 15) is 18.0 Å². The Hall–Kier alpha value is -1.68. The van der Waals surface area contributed by atoms with Crippen molar-refractivity contribution in [1.82, 2.24) is 10.2 Å². The largest absolute Gasteiger partial charge is 0.347 e. The molecule has 1 N–H and O–H groups in total. The van der Waals surface area contributed by atoms with Gasteiger partial charge in [0.1, 0.15) is 10.4 Å². The molecule has 10 heteroatoms. The van der Waals surface area contributed by atoms with Gasteiger partial charge in [-0.25, -0.2) is 8.42 Å². The molecule has 6 nitrogen and oxygen atoms in total. The first-order valence-corrected chi connectivity index (χ1v) is 11.2. The molecule has 2 atom stereocenters. The van der Waals surface area contributed by atoms with Gasteiger partial charge in [-0.2, -0.15) is 0 Å². The van der Waals surface area contributed by atoms with Crippen molar-refractivity contribution in [2.24, 2.45) is 0 Å². The van der Waals surface area contributed by atoms with E-state index < -0.39 is 27.8 Å². The molecular formula is C17H15ClN2O4S3. The normalized spacial score (nSPS) is 23.9. The fraction of sp³-hybridized carbons (Fsp3) is 0.235. The Morgan fingerprint density at radius 2 is 2.15 bits per heavy atom. The highest BCUT2D eigenvalue weighted by molar-refractivity contribution is 8.26. The highest BCUT2D eigenvalue weighted by Gasteiger charge is 2.39. The summed E-state index contributed by atoms with van der Waals surface area (Å²) in [5.74, 6) is -1.05. The van der Waals surface area contributed by atoms with E-state index in [2.05, 4.69) is 5.32 Å². The summed E-state index contributed by atoms with van der Waals surface area (Å²) in [6, 6.07) is 5.60. The number of hydrogen-bond acceptors (Lipinski definition) is 6. The van der Waals surface area contributed by atoms with Crippen LogP contribution >= 0.6 is 35.6 Å². The van der Waals surface area contributed by atoms with E-state index in [1.807, 2.05) is 0 Å². The predicted octanol–water partition coefficient (Wildman–Crippen LogP) is 2.36. The van der Waals surface area contributed by atoms with Crippen molar-refractivity contribution in [2.45, 2.75) is 19.0 Å². The van der Waals surface area contributed by atoms with Crippen LogP contribution in [0.25, 0.3) is 6.08 Å². The van der Waals surface area contributed by atoms with Crippen LogP contribution in [0.1, 0.15) is 12.5 Å². The van der Waals surface area contributed by atoms with E-state index in [4.69, 9.17) is 23.8 Å². The maximum Gasteiger partial charge on any atom is 0.266 e. The first-order chi connectivity index (χ1) is 12.7. The number of nitrogens with zero attached hydrogens (tertiary/aromatic N) is 1. The van der Waals surface area contributed by atoms with Crippen LogP contribution in [0, 0.1) is 0 Å². The molecule has 0 saturated carbocycles. The van der Waals surface area contributed by atoms with Gasteiger partial charge in [0.25, 0.3) is 5.91 Å². The first kappa shape index (κ1) is 20.1. The zero-order valence-corrected chi connectivity index (χ0v) is 17.3. The van der Waals surface area contributed by atoms with Crippen LogP contribution in [0.3, 0.4) is 0 Å². The number of sulfone groups is 1.